The van der Waals surface area contributed by atoms with Crippen LogP contribution in [0.1, 0.15) is 23.2 Å². The van der Waals surface area contributed by atoms with Crippen LogP contribution in [0.4, 0.5) is 0 Å². The van der Waals surface area contributed by atoms with Crippen LogP contribution in [-0.4, -0.2) is 29.1 Å². The Kier molecular flexibility index (Phi) is 4.70. The van der Waals surface area contributed by atoms with Crippen molar-refractivity contribution < 1.29 is 19.4 Å². The molecule has 1 aromatic rings. The fraction of sp³-hybridized carbons (Fsp3) is 0.294. The van der Waals surface area contributed by atoms with Gasteiger partial charge in [-0.1, -0.05) is 43.0 Å². The summed E-state index contributed by atoms with van der Waals surface area (Å²) in [7, 11) is 0. The molecule has 21 heavy (non-hydrogen) atoms. The summed E-state index contributed by atoms with van der Waals surface area (Å²) < 4.78 is 5.41. The van der Waals surface area contributed by atoms with Gasteiger partial charge >= 0.3 is 5.97 Å². The number of hydrogen-bond donors (Lipinski definition) is 1. The number of benzene rings is 1. The molecule has 0 heterocycles. The molecular formula is C17H18O4. The maximum Gasteiger partial charge on any atom is 0.338 e. The molecule has 0 radical (unpaired) electrons. The largest absolute Gasteiger partial charge is 0.454 e. The lowest BCUT2D eigenvalue weighted by Crippen LogP contribution is -2.47. The number of carbonyl (C=O) groups excluding carboxylic acids is 2. The molecule has 1 aliphatic rings. The topological polar surface area (TPSA) is 63.6 Å². The molecular weight excluding hydrogens is 268 g/mol. The number of rotatable bonds is 5. The van der Waals surface area contributed by atoms with Gasteiger partial charge < -0.3 is 14.6 Å². The van der Waals surface area contributed by atoms with E-state index in [-0.39, 0.29) is 6.42 Å². The molecule has 1 N–H and O–H groups in total. The van der Waals surface area contributed by atoms with Crippen LogP contribution in [0.2, 0.25) is 0 Å². The van der Waals surface area contributed by atoms with Crippen molar-refractivity contribution in [2.45, 2.75) is 24.5 Å². The monoisotopic (exact) mass is 286 g/mol. The smallest absolute Gasteiger partial charge is 0.338 e. The lowest BCUT2D eigenvalue weighted by Gasteiger charge is -2.36. The van der Waals surface area contributed by atoms with Crippen LogP contribution in [0.3, 0.4) is 0 Å². The van der Waals surface area contributed by atoms with E-state index in [2.05, 4.69) is 6.58 Å². The second kappa shape index (κ2) is 6.50. The van der Waals surface area contributed by atoms with E-state index in [9.17, 15) is 14.7 Å². The molecule has 4 nitrogen and oxygen atoms in total. The van der Waals surface area contributed by atoms with E-state index in [1.54, 1.807) is 36.4 Å². The van der Waals surface area contributed by atoms with Gasteiger partial charge in [0.1, 0.15) is 11.7 Å². The molecule has 110 valence electrons. The normalized spacial score (nSPS) is 25.9. The van der Waals surface area contributed by atoms with E-state index < -0.39 is 23.6 Å². The number of allylic oxidation sites excluding steroid dienone is 1. The van der Waals surface area contributed by atoms with E-state index >= 15 is 0 Å². The third kappa shape index (κ3) is 3.28. The minimum atomic E-state index is -1.52. The number of ether oxygens (including phenoxy) is 1. The highest BCUT2D eigenvalue weighted by molar-refractivity contribution is 5.89. The lowest BCUT2D eigenvalue weighted by atomic mass is 9.76. The molecule has 0 saturated heterocycles. The first kappa shape index (κ1) is 15.2. The van der Waals surface area contributed by atoms with Crippen molar-refractivity contribution in [3.05, 3.63) is 60.7 Å². The fourth-order valence-corrected chi connectivity index (χ4v) is 2.48. The molecule has 0 bridgehead atoms. The molecule has 2 rings (SSSR count). The predicted octanol–water partition coefficient (Wildman–Crippen LogP) is 2.29. The Balaban J connectivity index is 2.16. The molecule has 0 unspecified atom stereocenters. The Hall–Kier alpha value is -2.20. The Bertz CT molecular complexity index is 549. The number of aldehydes is 1. The van der Waals surface area contributed by atoms with Crippen molar-refractivity contribution in [1.82, 2.24) is 0 Å². The zero-order valence-electron chi connectivity index (χ0n) is 11.6. The van der Waals surface area contributed by atoms with Crippen molar-refractivity contribution >= 4 is 12.3 Å². The zero-order chi connectivity index (χ0) is 15.3. The first-order valence-corrected chi connectivity index (χ1v) is 6.83. The van der Waals surface area contributed by atoms with Crippen molar-refractivity contribution in [3.8, 4) is 0 Å². The molecule has 4 heteroatoms. The standard InChI is InChI=1S/C17H18O4/c1-2-15(14-10-6-7-11-17(14,20)12-18)21-16(19)13-8-4-3-5-9-13/h2-9,12,14-15,20H,1,10-11H2/t14-,15+,17-/m0/s1. The number of esters is 1. The van der Waals surface area contributed by atoms with Crippen LogP contribution in [0.15, 0.2) is 55.1 Å². The van der Waals surface area contributed by atoms with Crippen molar-refractivity contribution in [1.29, 1.82) is 0 Å². The maximum atomic E-state index is 12.1. The second-order valence-electron chi connectivity index (χ2n) is 5.10. The minimum absolute atomic E-state index is 0.217. The Labute approximate surface area is 123 Å². The molecule has 3 atom stereocenters. The van der Waals surface area contributed by atoms with Gasteiger partial charge in [-0.2, -0.15) is 0 Å². The Morgan fingerprint density at radius 3 is 2.71 bits per heavy atom. The molecule has 0 aliphatic heterocycles. The van der Waals surface area contributed by atoms with E-state index in [0.717, 1.165) is 0 Å². The van der Waals surface area contributed by atoms with E-state index in [4.69, 9.17) is 4.74 Å². The maximum absolute atomic E-state index is 12.1. The molecule has 1 aliphatic carbocycles. The van der Waals surface area contributed by atoms with Gasteiger partial charge in [0.05, 0.1) is 5.56 Å². The van der Waals surface area contributed by atoms with E-state index in [1.165, 1.54) is 6.08 Å². The summed E-state index contributed by atoms with van der Waals surface area (Å²) in [6, 6.07) is 8.58. The van der Waals surface area contributed by atoms with Gasteiger partial charge in [0, 0.05) is 12.3 Å². The summed E-state index contributed by atoms with van der Waals surface area (Å²) in [6.45, 7) is 3.65. The number of aliphatic hydroxyl groups is 1. The molecule has 0 fully saturated rings. The summed E-state index contributed by atoms with van der Waals surface area (Å²) in [5, 5.41) is 10.4. The van der Waals surface area contributed by atoms with Crippen LogP contribution in [-0.2, 0) is 9.53 Å². The average Bonchev–Trinajstić information content (AvgIpc) is 2.54. The van der Waals surface area contributed by atoms with Gasteiger partial charge in [0.2, 0.25) is 0 Å². The third-order valence-electron chi connectivity index (χ3n) is 3.73. The summed E-state index contributed by atoms with van der Waals surface area (Å²) in [5.74, 6) is -1.02. The lowest BCUT2D eigenvalue weighted by molar-refractivity contribution is -0.134. The van der Waals surface area contributed by atoms with Gasteiger partial charge in [-0.15, -0.1) is 0 Å². The number of carbonyl (C=O) groups is 2. The van der Waals surface area contributed by atoms with E-state index in [0.29, 0.717) is 18.3 Å². The average molecular weight is 286 g/mol. The Morgan fingerprint density at radius 2 is 2.10 bits per heavy atom. The predicted molar refractivity (Wildman–Crippen MR) is 78.7 cm³/mol. The highest BCUT2D eigenvalue weighted by Gasteiger charge is 2.42. The van der Waals surface area contributed by atoms with Crippen LogP contribution in [0, 0.1) is 5.92 Å². The molecule has 1 aromatic carbocycles. The Morgan fingerprint density at radius 1 is 1.38 bits per heavy atom. The van der Waals surface area contributed by atoms with Crippen LogP contribution in [0.5, 0.6) is 0 Å². The molecule has 0 aromatic heterocycles. The number of hydrogen-bond acceptors (Lipinski definition) is 4. The second-order valence-corrected chi connectivity index (χ2v) is 5.10. The fourth-order valence-electron chi connectivity index (χ4n) is 2.48. The van der Waals surface area contributed by atoms with Gasteiger partial charge in [0.25, 0.3) is 0 Å². The van der Waals surface area contributed by atoms with Crippen LogP contribution < -0.4 is 0 Å². The van der Waals surface area contributed by atoms with Crippen LogP contribution >= 0.6 is 0 Å². The van der Waals surface area contributed by atoms with Gasteiger partial charge in [-0.25, -0.2) is 4.79 Å². The van der Waals surface area contributed by atoms with Gasteiger partial charge in [-0.05, 0) is 18.6 Å². The van der Waals surface area contributed by atoms with Crippen molar-refractivity contribution in [2.24, 2.45) is 5.92 Å². The van der Waals surface area contributed by atoms with Crippen molar-refractivity contribution in [3.63, 3.8) is 0 Å². The van der Waals surface area contributed by atoms with Crippen LogP contribution in [0.25, 0.3) is 0 Å². The third-order valence-corrected chi connectivity index (χ3v) is 3.73. The molecule has 0 amide bonds. The highest BCUT2D eigenvalue weighted by Crippen LogP contribution is 2.33. The minimum Gasteiger partial charge on any atom is -0.454 e. The summed E-state index contributed by atoms with van der Waals surface area (Å²) in [4.78, 5) is 23.3. The van der Waals surface area contributed by atoms with E-state index in [1.807, 2.05) is 6.08 Å². The molecule has 0 spiro atoms. The summed E-state index contributed by atoms with van der Waals surface area (Å²) >= 11 is 0. The zero-order valence-corrected chi connectivity index (χ0v) is 11.6. The highest BCUT2D eigenvalue weighted by atomic mass is 16.5. The first-order chi connectivity index (χ1) is 10.1. The SMILES string of the molecule is C=C[C@@H](OC(=O)c1ccccc1)[C@@H]1CC=CC[C@]1(O)C=O. The quantitative estimate of drug-likeness (QED) is 0.512. The summed E-state index contributed by atoms with van der Waals surface area (Å²) in [6.07, 6.45) is 5.55. The first-order valence-electron chi connectivity index (χ1n) is 6.83. The van der Waals surface area contributed by atoms with Gasteiger partial charge in [0.15, 0.2) is 6.29 Å². The summed E-state index contributed by atoms with van der Waals surface area (Å²) in [5.41, 5.74) is -1.10. The molecule has 0 saturated carbocycles. The van der Waals surface area contributed by atoms with Crippen molar-refractivity contribution in [2.75, 3.05) is 0 Å². The van der Waals surface area contributed by atoms with Gasteiger partial charge in [-0.3, -0.25) is 0 Å².